The van der Waals surface area contributed by atoms with E-state index in [1.807, 2.05) is 0 Å². The summed E-state index contributed by atoms with van der Waals surface area (Å²) in [4.78, 5) is 8.00. The summed E-state index contributed by atoms with van der Waals surface area (Å²) in [6.45, 7) is 0. The molecule has 2 heterocycles. The number of aromatic nitrogens is 4. The van der Waals surface area contributed by atoms with Crippen molar-refractivity contribution in [2.24, 2.45) is 0 Å². The third-order valence-electron chi connectivity index (χ3n) is 4.31. The van der Waals surface area contributed by atoms with E-state index < -0.39 is 35.8 Å². The smallest absolute Gasteiger partial charge is 0.415 e. The van der Waals surface area contributed by atoms with Crippen LogP contribution >= 0.6 is 0 Å². The van der Waals surface area contributed by atoms with Gasteiger partial charge in [-0.15, -0.1) is 23.4 Å². The Morgan fingerprint density at radius 3 is 2.37 bits per heavy atom. The first kappa shape index (κ1) is 19.9. The van der Waals surface area contributed by atoms with Crippen molar-refractivity contribution in [2.75, 3.05) is 5.32 Å². The van der Waals surface area contributed by atoms with E-state index >= 15 is 0 Å². The van der Waals surface area contributed by atoms with Gasteiger partial charge in [0.2, 0.25) is 5.95 Å². The lowest BCUT2D eigenvalue weighted by Crippen LogP contribution is -2.23. The molecule has 0 saturated heterocycles. The Morgan fingerprint density at radius 1 is 1.10 bits per heavy atom. The van der Waals surface area contributed by atoms with Crippen LogP contribution in [0.4, 0.5) is 32.3 Å². The first-order valence-corrected chi connectivity index (χ1v) is 8.43. The minimum atomic E-state index is -4.91. The molecule has 1 N–H and O–H groups in total. The van der Waals surface area contributed by atoms with Gasteiger partial charge in [-0.3, -0.25) is 0 Å². The Balaban J connectivity index is 1.53. The molecule has 2 aromatic heterocycles. The second-order valence-electron chi connectivity index (χ2n) is 6.44. The van der Waals surface area contributed by atoms with Crippen LogP contribution in [0.1, 0.15) is 30.7 Å². The van der Waals surface area contributed by atoms with Crippen LogP contribution in [-0.4, -0.2) is 26.5 Å². The predicted octanol–water partition coefficient (Wildman–Crippen LogP) is 4.60. The first-order chi connectivity index (χ1) is 14.2. The average Bonchev–Trinajstić information content (AvgIpc) is 3.26. The summed E-state index contributed by atoms with van der Waals surface area (Å²) in [5.74, 6) is -2.26. The highest BCUT2D eigenvalue weighted by Crippen LogP contribution is 2.49. The van der Waals surface area contributed by atoms with E-state index in [4.69, 9.17) is 4.42 Å². The summed E-state index contributed by atoms with van der Waals surface area (Å²) < 4.78 is 85.3. The van der Waals surface area contributed by atoms with Crippen molar-refractivity contribution < 1.29 is 35.5 Å². The number of ether oxygens (including phenoxy) is 1. The van der Waals surface area contributed by atoms with Crippen LogP contribution in [0.3, 0.4) is 0 Å². The number of alkyl halides is 5. The Bertz CT molecular complexity index is 1050. The van der Waals surface area contributed by atoms with Crippen LogP contribution in [0.15, 0.2) is 35.0 Å². The van der Waals surface area contributed by atoms with Gasteiger partial charge in [-0.25, -0.2) is 14.4 Å². The fourth-order valence-corrected chi connectivity index (χ4v) is 2.81. The van der Waals surface area contributed by atoms with Gasteiger partial charge in [0.1, 0.15) is 11.6 Å². The molecule has 1 aromatic carbocycles. The van der Waals surface area contributed by atoms with Crippen molar-refractivity contribution in [1.29, 1.82) is 0 Å². The molecular weight excluding hydrogens is 420 g/mol. The number of nitrogens with one attached hydrogen (secondary N) is 1. The lowest BCUT2D eigenvalue weighted by atomic mass is 10.0. The minimum Gasteiger partial charge on any atom is -0.415 e. The van der Waals surface area contributed by atoms with Gasteiger partial charge in [0.25, 0.3) is 11.8 Å². The Morgan fingerprint density at radius 2 is 1.80 bits per heavy atom. The zero-order valence-electron chi connectivity index (χ0n) is 14.8. The molecule has 0 aliphatic heterocycles. The molecule has 158 valence electrons. The zero-order chi connectivity index (χ0) is 21.5. The molecule has 0 atom stereocenters. The minimum absolute atomic E-state index is 0.0181. The molecule has 1 saturated carbocycles. The topological polar surface area (TPSA) is 86.0 Å². The summed E-state index contributed by atoms with van der Waals surface area (Å²) in [6.07, 6.45) is -4.52. The molecule has 1 aliphatic rings. The van der Waals surface area contributed by atoms with Crippen molar-refractivity contribution in [1.82, 2.24) is 20.2 Å². The van der Waals surface area contributed by atoms with Gasteiger partial charge in [0, 0.05) is 18.0 Å². The largest absolute Gasteiger partial charge is 0.573 e. The number of nitrogens with zero attached hydrogens (tertiary/aromatic N) is 4. The molecule has 0 radical (unpaired) electrons. The third kappa shape index (κ3) is 4.14. The van der Waals surface area contributed by atoms with E-state index in [2.05, 4.69) is 30.2 Å². The van der Waals surface area contributed by atoms with Crippen LogP contribution < -0.4 is 10.1 Å². The molecule has 30 heavy (non-hydrogen) atoms. The molecule has 0 spiro atoms. The molecule has 0 bridgehead atoms. The van der Waals surface area contributed by atoms with E-state index in [1.54, 1.807) is 0 Å². The van der Waals surface area contributed by atoms with Gasteiger partial charge in [-0.05, 0) is 31.0 Å². The summed E-state index contributed by atoms with van der Waals surface area (Å²) in [5.41, 5.74) is -0.837. The number of hydrogen-bond donors (Lipinski definition) is 1. The predicted molar refractivity (Wildman–Crippen MR) is 87.9 cm³/mol. The second kappa shape index (κ2) is 7.15. The highest BCUT2D eigenvalue weighted by molar-refractivity contribution is 5.52. The quantitative estimate of drug-likeness (QED) is 0.571. The molecule has 7 nitrogen and oxygen atoms in total. The Labute approximate surface area is 164 Å². The highest BCUT2D eigenvalue weighted by Gasteiger charge is 2.47. The van der Waals surface area contributed by atoms with Crippen LogP contribution in [0.25, 0.3) is 11.5 Å². The monoisotopic (exact) mass is 431 g/mol. The lowest BCUT2D eigenvalue weighted by molar-refractivity contribution is -0.274. The van der Waals surface area contributed by atoms with Gasteiger partial charge in [-0.1, -0.05) is 0 Å². The number of halogens is 6. The van der Waals surface area contributed by atoms with Crippen LogP contribution in [0, 0.1) is 5.82 Å². The first-order valence-electron chi connectivity index (χ1n) is 8.43. The van der Waals surface area contributed by atoms with E-state index in [1.165, 1.54) is 12.4 Å². The molecule has 3 aromatic rings. The Kier molecular flexibility index (Phi) is 4.74. The van der Waals surface area contributed by atoms with Gasteiger partial charge in [-0.2, -0.15) is 8.78 Å². The van der Waals surface area contributed by atoms with Crippen molar-refractivity contribution in [3.8, 4) is 17.2 Å². The maximum Gasteiger partial charge on any atom is 0.573 e. The fourth-order valence-electron chi connectivity index (χ4n) is 2.81. The van der Waals surface area contributed by atoms with Gasteiger partial charge < -0.3 is 14.5 Å². The molecule has 0 unspecified atom stereocenters. The van der Waals surface area contributed by atoms with Crippen LogP contribution in [-0.2, 0) is 5.54 Å². The van der Waals surface area contributed by atoms with Gasteiger partial charge in [0.05, 0.1) is 11.1 Å². The number of anilines is 1. The summed E-state index contributed by atoms with van der Waals surface area (Å²) in [7, 11) is 0. The van der Waals surface area contributed by atoms with E-state index in [0.717, 1.165) is 18.2 Å². The molecule has 4 rings (SSSR count). The molecule has 0 amide bonds. The SMILES string of the molecule is Fc1ccc(OC(F)(F)F)cc1C1(Nc2ncc(-c3nnc(C(F)F)o3)cn2)CC1. The number of hydrogen-bond acceptors (Lipinski definition) is 7. The maximum atomic E-state index is 14.3. The van der Waals surface area contributed by atoms with Crippen molar-refractivity contribution in [3.63, 3.8) is 0 Å². The molecule has 1 aliphatic carbocycles. The van der Waals surface area contributed by atoms with Gasteiger partial charge >= 0.3 is 12.8 Å². The molecule has 13 heteroatoms. The highest BCUT2D eigenvalue weighted by atomic mass is 19.4. The summed E-state index contributed by atoms with van der Waals surface area (Å²) >= 11 is 0. The molecule has 1 fully saturated rings. The second-order valence-corrected chi connectivity index (χ2v) is 6.44. The molecular formula is C17H11F6N5O2. The number of benzene rings is 1. The summed E-state index contributed by atoms with van der Waals surface area (Å²) in [6, 6.07) is 2.74. The fraction of sp³-hybridized carbons (Fsp3) is 0.294. The van der Waals surface area contributed by atoms with Crippen molar-refractivity contribution >= 4 is 5.95 Å². The standard InChI is InChI=1S/C17H11F6N5O2/c18-11-2-1-9(30-17(21,22)23)5-10(11)16(3-4-16)26-15-24-6-8(7-25-15)13-27-28-14(29-13)12(19)20/h1-2,5-7,12H,3-4H2,(H,24,25,26). The van der Waals surface area contributed by atoms with Crippen molar-refractivity contribution in [2.45, 2.75) is 31.2 Å². The third-order valence-corrected chi connectivity index (χ3v) is 4.31. The normalized spacial score (nSPS) is 15.3. The van der Waals surface area contributed by atoms with Crippen LogP contribution in [0.2, 0.25) is 0 Å². The lowest BCUT2D eigenvalue weighted by Gasteiger charge is -2.20. The van der Waals surface area contributed by atoms with Crippen LogP contribution in [0.5, 0.6) is 5.75 Å². The average molecular weight is 431 g/mol. The van der Waals surface area contributed by atoms with Gasteiger partial charge in [0.15, 0.2) is 0 Å². The maximum absolute atomic E-state index is 14.3. The Hall–Kier alpha value is -3.38. The van der Waals surface area contributed by atoms with E-state index in [0.29, 0.717) is 12.8 Å². The number of rotatable bonds is 6. The van der Waals surface area contributed by atoms with E-state index in [9.17, 15) is 26.3 Å². The van der Waals surface area contributed by atoms with E-state index in [-0.39, 0.29) is 23.0 Å². The van der Waals surface area contributed by atoms with Crippen molar-refractivity contribution in [3.05, 3.63) is 47.9 Å². The zero-order valence-corrected chi connectivity index (χ0v) is 14.8. The summed E-state index contributed by atoms with van der Waals surface area (Å²) in [5, 5.41) is 9.56.